The van der Waals surface area contributed by atoms with E-state index in [-0.39, 0.29) is 12.0 Å². The minimum Gasteiger partial charge on any atom is -0.492 e. The fraction of sp³-hybridized carbons (Fsp3) is 0.389. The van der Waals surface area contributed by atoms with Crippen LogP contribution in [0.15, 0.2) is 29.6 Å². The summed E-state index contributed by atoms with van der Waals surface area (Å²) < 4.78 is 11.5. The summed E-state index contributed by atoms with van der Waals surface area (Å²) in [5.41, 5.74) is 1.83. The van der Waals surface area contributed by atoms with Gasteiger partial charge in [0.25, 0.3) is 0 Å². The standard InChI is InChI=1S/C18H21NO3S/c1-3-21-17-10-13-9-12(2)22-16(13)11-15(17)19-18(20)7-6-14-5-4-8-23-14/h4-5,8,10-12H,3,6-7,9H2,1-2H3,(H,19,20)/t12-/m1/s1. The topological polar surface area (TPSA) is 47.6 Å². The molecule has 0 spiro atoms. The molecule has 1 atom stereocenters. The van der Waals surface area contributed by atoms with Crippen molar-refractivity contribution in [3.8, 4) is 11.5 Å². The van der Waals surface area contributed by atoms with Gasteiger partial charge in [-0.2, -0.15) is 0 Å². The molecule has 1 aromatic heterocycles. The van der Waals surface area contributed by atoms with Crippen molar-refractivity contribution in [3.05, 3.63) is 40.1 Å². The van der Waals surface area contributed by atoms with Crippen LogP contribution in [0, 0.1) is 0 Å². The van der Waals surface area contributed by atoms with E-state index in [1.807, 2.05) is 43.5 Å². The average Bonchev–Trinajstić information content (AvgIpc) is 3.14. The molecule has 0 radical (unpaired) electrons. The first-order valence-corrected chi connectivity index (χ1v) is 8.82. The van der Waals surface area contributed by atoms with Gasteiger partial charge in [-0.05, 0) is 37.8 Å². The lowest BCUT2D eigenvalue weighted by Crippen LogP contribution is -2.13. The largest absolute Gasteiger partial charge is 0.492 e. The number of amides is 1. The van der Waals surface area contributed by atoms with Crippen molar-refractivity contribution in [2.45, 2.75) is 39.2 Å². The molecule has 1 N–H and O–H groups in total. The molecule has 4 nitrogen and oxygen atoms in total. The molecule has 0 unspecified atom stereocenters. The fourth-order valence-corrected chi connectivity index (χ4v) is 3.43. The lowest BCUT2D eigenvalue weighted by Gasteiger charge is -2.13. The Morgan fingerprint density at radius 3 is 3.09 bits per heavy atom. The second-order valence-corrected chi connectivity index (χ2v) is 6.68. The van der Waals surface area contributed by atoms with E-state index in [9.17, 15) is 4.79 Å². The maximum absolute atomic E-state index is 12.2. The van der Waals surface area contributed by atoms with Crippen LogP contribution in [0.1, 0.15) is 30.7 Å². The summed E-state index contributed by atoms with van der Waals surface area (Å²) in [6.45, 7) is 4.54. The number of carbonyl (C=O) groups is 1. The van der Waals surface area contributed by atoms with Gasteiger partial charge in [-0.15, -0.1) is 11.3 Å². The molecular weight excluding hydrogens is 310 g/mol. The molecule has 1 aromatic carbocycles. The Morgan fingerprint density at radius 1 is 1.48 bits per heavy atom. The van der Waals surface area contributed by atoms with Crippen LogP contribution in [-0.2, 0) is 17.6 Å². The molecule has 1 aliphatic heterocycles. The van der Waals surface area contributed by atoms with Gasteiger partial charge < -0.3 is 14.8 Å². The number of benzene rings is 1. The van der Waals surface area contributed by atoms with E-state index in [2.05, 4.69) is 5.32 Å². The molecule has 23 heavy (non-hydrogen) atoms. The molecular formula is C18H21NO3S. The van der Waals surface area contributed by atoms with Gasteiger partial charge >= 0.3 is 0 Å². The van der Waals surface area contributed by atoms with Gasteiger partial charge in [0.1, 0.15) is 17.6 Å². The number of fused-ring (bicyclic) bond motifs is 1. The van der Waals surface area contributed by atoms with E-state index in [0.717, 1.165) is 24.2 Å². The SMILES string of the molecule is CCOc1cc2c(cc1NC(=O)CCc1cccs1)O[C@H](C)C2. The highest BCUT2D eigenvalue weighted by atomic mass is 32.1. The van der Waals surface area contributed by atoms with E-state index in [1.165, 1.54) is 4.88 Å². The van der Waals surface area contributed by atoms with Crippen LogP contribution in [0.3, 0.4) is 0 Å². The lowest BCUT2D eigenvalue weighted by atomic mass is 10.1. The van der Waals surface area contributed by atoms with E-state index in [1.54, 1.807) is 11.3 Å². The second kappa shape index (κ2) is 7.04. The van der Waals surface area contributed by atoms with E-state index >= 15 is 0 Å². The third-order valence-electron chi connectivity index (χ3n) is 3.75. The highest BCUT2D eigenvalue weighted by molar-refractivity contribution is 7.09. The Labute approximate surface area is 140 Å². The molecule has 2 aromatic rings. The Bertz CT molecular complexity index is 682. The van der Waals surface area contributed by atoms with Crippen molar-refractivity contribution in [3.63, 3.8) is 0 Å². The number of anilines is 1. The zero-order chi connectivity index (χ0) is 16.2. The Balaban J connectivity index is 1.70. The Kier molecular flexibility index (Phi) is 4.86. The summed E-state index contributed by atoms with van der Waals surface area (Å²) in [4.78, 5) is 13.4. The van der Waals surface area contributed by atoms with E-state index in [0.29, 0.717) is 24.5 Å². The Hall–Kier alpha value is -2.01. The first-order chi connectivity index (χ1) is 11.2. The summed E-state index contributed by atoms with van der Waals surface area (Å²) in [5.74, 6) is 1.55. The number of hydrogen-bond donors (Lipinski definition) is 1. The number of thiophene rings is 1. The first-order valence-electron chi connectivity index (χ1n) is 7.94. The summed E-state index contributed by atoms with van der Waals surface area (Å²) in [7, 11) is 0. The zero-order valence-corrected chi connectivity index (χ0v) is 14.2. The van der Waals surface area contributed by atoms with Gasteiger partial charge in [-0.3, -0.25) is 4.79 Å². The van der Waals surface area contributed by atoms with E-state index in [4.69, 9.17) is 9.47 Å². The molecule has 0 bridgehead atoms. The fourth-order valence-electron chi connectivity index (χ4n) is 2.72. The molecule has 0 aliphatic carbocycles. The molecule has 5 heteroatoms. The Morgan fingerprint density at radius 2 is 2.35 bits per heavy atom. The smallest absolute Gasteiger partial charge is 0.224 e. The van der Waals surface area contributed by atoms with Crippen LogP contribution in [0.25, 0.3) is 0 Å². The summed E-state index contributed by atoms with van der Waals surface area (Å²) in [6, 6.07) is 7.92. The quantitative estimate of drug-likeness (QED) is 0.869. The van der Waals surface area contributed by atoms with E-state index < -0.39 is 0 Å². The number of hydrogen-bond acceptors (Lipinski definition) is 4. The van der Waals surface area contributed by atoms with Gasteiger partial charge in [0.05, 0.1) is 12.3 Å². The van der Waals surface area contributed by atoms with Crippen molar-refractivity contribution in [1.82, 2.24) is 0 Å². The average molecular weight is 331 g/mol. The maximum Gasteiger partial charge on any atom is 0.224 e. The predicted octanol–water partition coefficient (Wildman–Crippen LogP) is 4.04. The van der Waals surface area contributed by atoms with Gasteiger partial charge in [0.15, 0.2) is 0 Å². The van der Waals surface area contributed by atoms with Crippen molar-refractivity contribution in [2.75, 3.05) is 11.9 Å². The molecule has 3 rings (SSSR count). The van der Waals surface area contributed by atoms with Crippen molar-refractivity contribution >= 4 is 22.9 Å². The zero-order valence-electron chi connectivity index (χ0n) is 13.4. The van der Waals surface area contributed by atoms with Crippen LogP contribution in [0.4, 0.5) is 5.69 Å². The number of aryl methyl sites for hydroxylation is 1. The molecule has 1 amide bonds. The van der Waals surface area contributed by atoms with Crippen LogP contribution < -0.4 is 14.8 Å². The minimum atomic E-state index is -0.00894. The number of ether oxygens (including phenoxy) is 2. The molecule has 1 aliphatic rings. The maximum atomic E-state index is 12.2. The summed E-state index contributed by atoms with van der Waals surface area (Å²) in [6.07, 6.45) is 2.26. The van der Waals surface area contributed by atoms with Crippen molar-refractivity contribution in [1.29, 1.82) is 0 Å². The molecule has 122 valence electrons. The highest BCUT2D eigenvalue weighted by Crippen LogP contribution is 2.38. The van der Waals surface area contributed by atoms with Gasteiger partial charge in [0, 0.05) is 29.3 Å². The monoisotopic (exact) mass is 331 g/mol. The normalized spacial score (nSPS) is 15.8. The second-order valence-electron chi connectivity index (χ2n) is 5.65. The number of carbonyl (C=O) groups excluding carboxylic acids is 1. The number of rotatable bonds is 6. The minimum absolute atomic E-state index is 0.00894. The first kappa shape index (κ1) is 15.9. The molecule has 0 saturated carbocycles. The van der Waals surface area contributed by atoms with Gasteiger partial charge in [-0.1, -0.05) is 6.07 Å². The third-order valence-corrected chi connectivity index (χ3v) is 4.69. The molecule has 0 saturated heterocycles. The summed E-state index contributed by atoms with van der Waals surface area (Å²) >= 11 is 1.67. The van der Waals surface area contributed by atoms with Gasteiger partial charge in [-0.25, -0.2) is 0 Å². The predicted molar refractivity (Wildman–Crippen MR) is 92.7 cm³/mol. The van der Waals surface area contributed by atoms with Crippen molar-refractivity contribution < 1.29 is 14.3 Å². The van der Waals surface area contributed by atoms with Crippen LogP contribution in [0.5, 0.6) is 11.5 Å². The van der Waals surface area contributed by atoms with Crippen LogP contribution >= 0.6 is 11.3 Å². The molecule has 0 fully saturated rings. The lowest BCUT2D eigenvalue weighted by molar-refractivity contribution is -0.116. The third kappa shape index (κ3) is 3.85. The van der Waals surface area contributed by atoms with Crippen LogP contribution in [0.2, 0.25) is 0 Å². The van der Waals surface area contributed by atoms with Crippen LogP contribution in [-0.4, -0.2) is 18.6 Å². The number of nitrogens with one attached hydrogen (secondary N) is 1. The summed E-state index contributed by atoms with van der Waals surface area (Å²) in [5, 5.41) is 4.99. The van der Waals surface area contributed by atoms with Gasteiger partial charge in [0.2, 0.25) is 5.91 Å². The molecule has 2 heterocycles. The van der Waals surface area contributed by atoms with Crippen molar-refractivity contribution in [2.24, 2.45) is 0 Å². The highest BCUT2D eigenvalue weighted by Gasteiger charge is 2.22.